The number of nitrogens with zero attached hydrogens (tertiary/aromatic N) is 1. The van der Waals surface area contributed by atoms with Crippen LogP contribution in [0.2, 0.25) is 0 Å². The Morgan fingerprint density at radius 3 is 2.29 bits per heavy atom. The summed E-state index contributed by atoms with van der Waals surface area (Å²) in [7, 11) is 1.62. The van der Waals surface area contributed by atoms with Crippen LogP contribution in [0.15, 0.2) is 48.5 Å². The minimum absolute atomic E-state index is 0.0290. The molecule has 7 heteroatoms. The van der Waals surface area contributed by atoms with E-state index in [2.05, 4.69) is 5.32 Å². The Bertz CT molecular complexity index is 812. The van der Waals surface area contributed by atoms with Crippen LogP contribution in [-0.2, 0) is 14.9 Å². The van der Waals surface area contributed by atoms with Gasteiger partial charge in [0, 0.05) is 24.9 Å². The molecular weight excluding hydrogens is 360 g/mol. The smallest absolute Gasteiger partial charge is 0.269 e. The van der Waals surface area contributed by atoms with E-state index in [-0.39, 0.29) is 11.6 Å². The van der Waals surface area contributed by atoms with Gasteiger partial charge in [-0.3, -0.25) is 14.9 Å². The first-order valence-electron chi connectivity index (χ1n) is 9.33. The first-order chi connectivity index (χ1) is 13.5. The van der Waals surface area contributed by atoms with E-state index in [1.54, 1.807) is 43.5 Å². The van der Waals surface area contributed by atoms with Gasteiger partial charge in [-0.05, 0) is 42.7 Å². The number of benzene rings is 2. The van der Waals surface area contributed by atoms with E-state index in [1.807, 2.05) is 0 Å². The predicted molar refractivity (Wildman–Crippen MR) is 106 cm³/mol. The molecule has 2 aromatic rings. The van der Waals surface area contributed by atoms with Crippen LogP contribution >= 0.6 is 0 Å². The Labute approximate surface area is 163 Å². The number of anilines is 1. The van der Waals surface area contributed by atoms with Crippen molar-refractivity contribution in [3.8, 4) is 5.75 Å². The normalized spacial score (nSPS) is 15.2. The van der Waals surface area contributed by atoms with Gasteiger partial charge in [0.2, 0.25) is 5.91 Å². The maximum Gasteiger partial charge on any atom is 0.269 e. The average molecular weight is 384 g/mol. The maximum absolute atomic E-state index is 13.2. The van der Waals surface area contributed by atoms with Crippen molar-refractivity contribution in [2.45, 2.75) is 31.1 Å². The number of amides is 1. The fourth-order valence-electron chi connectivity index (χ4n) is 3.66. The lowest BCUT2D eigenvalue weighted by molar-refractivity contribution is -0.384. The molecule has 0 atom stereocenters. The molecule has 0 aliphatic heterocycles. The molecule has 2 aromatic carbocycles. The molecule has 148 valence electrons. The molecule has 0 aromatic heterocycles. The van der Waals surface area contributed by atoms with Crippen LogP contribution in [0.1, 0.15) is 31.2 Å². The number of nitrogens with one attached hydrogen (secondary N) is 1. The Kier molecular flexibility index (Phi) is 6.26. The molecule has 1 fully saturated rings. The van der Waals surface area contributed by atoms with Crippen molar-refractivity contribution in [2.24, 2.45) is 0 Å². The van der Waals surface area contributed by atoms with Crippen LogP contribution in [0.5, 0.6) is 5.75 Å². The lowest BCUT2D eigenvalue weighted by atomic mass is 9.78. The quantitative estimate of drug-likeness (QED) is 0.421. The molecule has 1 amide bonds. The van der Waals surface area contributed by atoms with Gasteiger partial charge in [-0.2, -0.15) is 0 Å². The van der Waals surface area contributed by atoms with Crippen molar-refractivity contribution in [3.05, 3.63) is 64.2 Å². The minimum Gasteiger partial charge on any atom is -0.491 e. The van der Waals surface area contributed by atoms with Crippen LogP contribution in [-0.4, -0.2) is 31.2 Å². The maximum atomic E-state index is 13.2. The summed E-state index contributed by atoms with van der Waals surface area (Å²) < 4.78 is 10.5. The zero-order chi connectivity index (χ0) is 20.0. The third-order valence-electron chi connectivity index (χ3n) is 5.19. The first-order valence-corrected chi connectivity index (χ1v) is 9.33. The van der Waals surface area contributed by atoms with Gasteiger partial charge in [0.15, 0.2) is 0 Å². The molecule has 0 spiro atoms. The van der Waals surface area contributed by atoms with Gasteiger partial charge in [-0.1, -0.05) is 25.0 Å². The van der Waals surface area contributed by atoms with E-state index in [1.165, 1.54) is 12.1 Å². The molecule has 1 saturated carbocycles. The summed E-state index contributed by atoms with van der Waals surface area (Å²) in [5.74, 6) is 0.632. The summed E-state index contributed by atoms with van der Waals surface area (Å²) in [5.41, 5.74) is 0.897. The summed E-state index contributed by atoms with van der Waals surface area (Å²) in [6.07, 6.45) is 3.37. The number of nitro groups is 1. The number of non-ortho nitro benzene ring substituents is 1. The minimum atomic E-state index is -0.650. The number of hydrogen-bond donors (Lipinski definition) is 1. The summed E-state index contributed by atoms with van der Waals surface area (Å²) in [6.45, 7) is 0.974. The Morgan fingerprint density at radius 1 is 1.07 bits per heavy atom. The molecule has 0 unspecified atom stereocenters. The highest BCUT2D eigenvalue weighted by Gasteiger charge is 2.42. The number of methoxy groups -OCH3 is 1. The second-order valence-corrected chi connectivity index (χ2v) is 6.91. The summed E-state index contributed by atoms with van der Waals surface area (Å²) in [6, 6.07) is 13.6. The van der Waals surface area contributed by atoms with E-state index in [0.29, 0.717) is 24.7 Å². The number of carbonyl (C=O) groups excluding carboxylic acids is 1. The van der Waals surface area contributed by atoms with Crippen molar-refractivity contribution in [2.75, 3.05) is 25.6 Å². The van der Waals surface area contributed by atoms with Crippen molar-refractivity contribution >= 4 is 17.3 Å². The lowest BCUT2D eigenvalue weighted by Gasteiger charge is -2.28. The highest BCUT2D eigenvalue weighted by Crippen LogP contribution is 2.42. The summed E-state index contributed by atoms with van der Waals surface area (Å²) in [5, 5.41) is 13.9. The van der Waals surface area contributed by atoms with Gasteiger partial charge in [-0.25, -0.2) is 0 Å². The van der Waals surface area contributed by atoms with Crippen molar-refractivity contribution < 1.29 is 19.2 Å². The number of carbonyl (C=O) groups is 1. The SMILES string of the molecule is COCCOc1ccc(NC(=O)C2(c3ccc([N+](=O)[O-])cc3)CCCC2)cc1. The number of hydrogen-bond acceptors (Lipinski definition) is 5. The van der Waals surface area contributed by atoms with Crippen LogP contribution in [0.4, 0.5) is 11.4 Å². The second kappa shape index (κ2) is 8.84. The van der Waals surface area contributed by atoms with E-state index < -0.39 is 10.3 Å². The van der Waals surface area contributed by atoms with Crippen molar-refractivity contribution in [1.82, 2.24) is 0 Å². The molecule has 0 bridgehead atoms. The lowest BCUT2D eigenvalue weighted by Crippen LogP contribution is -2.37. The number of rotatable bonds is 8. The van der Waals surface area contributed by atoms with E-state index >= 15 is 0 Å². The average Bonchev–Trinajstić information content (AvgIpc) is 3.21. The third-order valence-corrected chi connectivity index (χ3v) is 5.19. The number of nitro benzene ring substituents is 1. The zero-order valence-electron chi connectivity index (χ0n) is 15.8. The van der Waals surface area contributed by atoms with E-state index in [9.17, 15) is 14.9 Å². The molecule has 0 radical (unpaired) electrons. The standard InChI is InChI=1S/C21H24N2O5/c1-27-14-15-28-19-10-6-17(7-11-19)22-20(24)21(12-2-3-13-21)16-4-8-18(9-5-16)23(25)26/h4-11H,2-3,12-15H2,1H3,(H,22,24). The van der Waals surface area contributed by atoms with Gasteiger partial charge in [0.05, 0.1) is 16.9 Å². The molecule has 7 nitrogen and oxygen atoms in total. The summed E-state index contributed by atoms with van der Waals surface area (Å²) >= 11 is 0. The van der Waals surface area contributed by atoms with Crippen molar-refractivity contribution in [1.29, 1.82) is 0 Å². The van der Waals surface area contributed by atoms with Crippen LogP contribution in [0.25, 0.3) is 0 Å². The predicted octanol–water partition coefficient (Wildman–Crippen LogP) is 4.07. The molecule has 0 saturated heterocycles. The molecule has 0 heterocycles. The monoisotopic (exact) mass is 384 g/mol. The van der Waals surface area contributed by atoms with Gasteiger partial charge < -0.3 is 14.8 Å². The zero-order valence-corrected chi connectivity index (χ0v) is 15.8. The van der Waals surface area contributed by atoms with Crippen molar-refractivity contribution in [3.63, 3.8) is 0 Å². The Morgan fingerprint density at radius 2 is 1.71 bits per heavy atom. The fourth-order valence-corrected chi connectivity index (χ4v) is 3.66. The van der Waals surface area contributed by atoms with Gasteiger partial charge >= 0.3 is 0 Å². The molecule has 1 N–H and O–H groups in total. The molecule has 3 rings (SSSR count). The molecular formula is C21H24N2O5. The van der Waals surface area contributed by atoms with E-state index in [4.69, 9.17) is 9.47 Å². The summed E-state index contributed by atoms with van der Waals surface area (Å²) in [4.78, 5) is 23.6. The molecule has 1 aliphatic rings. The fraction of sp³-hybridized carbons (Fsp3) is 0.381. The Hall–Kier alpha value is -2.93. The number of ether oxygens (including phenoxy) is 2. The molecule has 1 aliphatic carbocycles. The van der Waals surface area contributed by atoms with Gasteiger partial charge in [0.25, 0.3) is 5.69 Å². The first kappa shape index (κ1) is 19.8. The third kappa shape index (κ3) is 4.31. The van der Waals surface area contributed by atoms with Crippen LogP contribution in [0, 0.1) is 10.1 Å². The van der Waals surface area contributed by atoms with E-state index in [0.717, 1.165) is 31.2 Å². The highest BCUT2D eigenvalue weighted by molar-refractivity contribution is 5.99. The molecule has 28 heavy (non-hydrogen) atoms. The van der Waals surface area contributed by atoms with Gasteiger partial charge in [-0.15, -0.1) is 0 Å². The van der Waals surface area contributed by atoms with Gasteiger partial charge in [0.1, 0.15) is 12.4 Å². The second-order valence-electron chi connectivity index (χ2n) is 6.91. The van der Waals surface area contributed by atoms with Crippen LogP contribution < -0.4 is 10.1 Å². The topological polar surface area (TPSA) is 90.7 Å². The van der Waals surface area contributed by atoms with Crippen LogP contribution in [0.3, 0.4) is 0 Å². The largest absolute Gasteiger partial charge is 0.491 e. The Balaban J connectivity index is 1.73. The highest BCUT2D eigenvalue weighted by atomic mass is 16.6.